The van der Waals surface area contributed by atoms with Gasteiger partial charge in [-0.25, -0.2) is 4.79 Å². The zero-order valence-electron chi connectivity index (χ0n) is 12.7. The molecule has 4 rings (SSSR count). The fourth-order valence-electron chi connectivity index (χ4n) is 3.20. The van der Waals surface area contributed by atoms with E-state index in [9.17, 15) is 4.79 Å². The van der Waals surface area contributed by atoms with Gasteiger partial charge in [-0.1, -0.05) is 42.5 Å². The van der Waals surface area contributed by atoms with Gasteiger partial charge in [0.05, 0.1) is 12.6 Å². The molecule has 3 aromatic carbocycles. The summed E-state index contributed by atoms with van der Waals surface area (Å²) < 4.78 is 7.23. The smallest absolute Gasteiger partial charge is 0.151 e. The fourth-order valence-corrected chi connectivity index (χ4v) is 3.20. The molecule has 4 aromatic rings. The number of benzene rings is 3. The third-order valence-electron chi connectivity index (χ3n) is 4.29. The van der Waals surface area contributed by atoms with Crippen LogP contribution in [0.2, 0.25) is 0 Å². The van der Waals surface area contributed by atoms with Gasteiger partial charge in [-0.05, 0) is 29.1 Å². The van der Waals surface area contributed by atoms with Crippen LogP contribution in [-0.2, 0) is 11.3 Å². The van der Waals surface area contributed by atoms with Crippen LogP contribution in [0.3, 0.4) is 0 Å². The Morgan fingerprint density at radius 1 is 1.00 bits per heavy atom. The zero-order valence-corrected chi connectivity index (χ0v) is 12.7. The standard InChI is InChI=1S/C20H15NO2/c1-23-16-10-8-14(9-11-16)12-21-18-7-3-5-15-4-2-6-17(20(15)18)19(21)13-22/h2-11H,12H2,1H3. The van der Waals surface area contributed by atoms with Crippen molar-refractivity contribution in [3.05, 3.63) is 71.6 Å². The number of ether oxygens (including phenoxy) is 1. The predicted octanol–water partition coefficient (Wildman–Crippen LogP) is 3.07. The van der Waals surface area contributed by atoms with Crippen LogP contribution in [0.5, 0.6) is 5.75 Å². The molecule has 1 heterocycles. The topological polar surface area (TPSA) is 31.2 Å². The zero-order chi connectivity index (χ0) is 15.8. The first kappa shape index (κ1) is 13.6. The minimum absolute atomic E-state index is 0.604. The maximum atomic E-state index is 11.6. The van der Waals surface area contributed by atoms with E-state index in [-0.39, 0.29) is 0 Å². The average Bonchev–Trinajstić information content (AvgIpc) is 2.91. The third kappa shape index (κ3) is 2.10. The molecule has 3 heteroatoms. The number of hydrogen-bond acceptors (Lipinski definition) is 2. The second kappa shape index (κ2) is 5.31. The maximum Gasteiger partial charge on any atom is 0.151 e. The Morgan fingerprint density at radius 3 is 2.43 bits per heavy atom. The van der Waals surface area contributed by atoms with Gasteiger partial charge in [-0.2, -0.15) is 0 Å². The van der Waals surface area contributed by atoms with Gasteiger partial charge in [0, 0.05) is 17.3 Å². The summed E-state index contributed by atoms with van der Waals surface area (Å²) in [6, 6.07) is 20.1. The van der Waals surface area contributed by atoms with Crippen LogP contribution >= 0.6 is 0 Å². The molecule has 1 aromatic heterocycles. The molecule has 3 nitrogen and oxygen atoms in total. The van der Waals surface area contributed by atoms with Crippen LogP contribution in [0.15, 0.2) is 60.7 Å². The largest absolute Gasteiger partial charge is 0.497 e. The van der Waals surface area contributed by atoms with Crippen molar-refractivity contribution < 1.29 is 9.53 Å². The molecule has 0 aliphatic heterocycles. The normalized spacial score (nSPS) is 11.0. The minimum Gasteiger partial charge on any atom is -0.497 e. The van der Waals surface area contributed by atoms with Crippen molar-refractivity contribution in [1.82, 2.24) is 4.57 Å². The molecular formula is C20H15NO2. The summed E-state index contributed by atoms with van der Waals surface area (Å²) in [4.78, 5) is 11.6. The van der Waals surface area contributed by atoms with Crippen LogP contribution in [0.25, 0.3) is 21.7 Å². The molecule has 0 amide bonds. The van der Waals surface area contributed by atoms with E-state index in [1.54, 1.807) is 7.11 Å². The summed E-state index contributed by atoms with van der Waals surface area (Å²) in [5, 5.41) is 3.83. The Labute approximate surface area is 133 Å². The van der Waals surface area contributed by atoms with Crippen molar-refractivity contribution in [3.63, 3.8) is 0 Å². The van der Waals surface area contributed by atoms with Crippen molar-refractivity contribution in [1.29, 1.82) is 0 Å². The molecule has 0 aliphatic carbocycles. The van der Waals surface area contributed by atoms with Gasteiger partial charge in [0.15, 0.2) is 5.94 Å². The quantitative estimate of drug-likeness (QED) is 0.582. The first-order chi connectivity index (χ1) is 11.3. The predicted molar refractivity (Wildman–Crippen MR) is 91.6 cm³/mol. The van der Waals surface area contributed by atoms with E-state index in [4.69, 9.17) is 4.74 Å². The second-order valence-corrected chi connectivity index (χ2v) is 5.57. The number of aromatic nitrogens is 1. The summed E-state index contributed by atoms with van der Waals surface area (Å²) in [5.74, 6) is 2.96. The number of rotatable bonds is 3. The van der Waals surface area contributed by atoms with Crippen molar-refractivity contribution in [2.75, 3.05) is 7.11 Å². The van der Waals surface area contributed by atoms with Crippen LogP contribution in [0.4, 0.5) is 0 Å². The molecular weight excluding hydrogens is 286 g/mol. The first-order valence-electron chi connectivity index (χ1n) is 7.49. The van der Waals surface area contributed by atoms with Crippen LogP contribution in [-0.4, -0.2) is 17.6 Å². The van der Waals surface area contributed by atoms with Crippen LogP contribution < -0.4 is 10.1 Å². The molecule has 0 saturated heterocycles. The highest BCUT2D eigenvalue weighted by Crippen LogP contribution is 2.25. The van der Waals surface area contributed by atoms with E-state index in [2.05, 4.69) is 24.1 Å². The Hall–Kier alpha value is -3.03. The molecule has 0 radical (unpaired) electrons. The molecule has 0 aliphatic rings. The average molecular weight is 301 g/mol. The highest BCUT2D eigenvalue weighted by molar-refractivity contribution is 6.10. The number of methoxy groups -OCH3 is 1. The van der Waals surface area contributed by atoms with Crippen molar-refractivity contribution in [2.45, 2.75) is 6.54 Å². The molecule has 0 atom stereocenters. The van der Waals surface area contributed by atoms with Crippen molar-refractivity contribution in [2.24, 2.45) is 0 Å². The number of hydrogen-bond donors (Lipinski definition) is 0. The van der Waals surface area contributed by atoms with Gasteiger partial charge in [-0.3, -0.25) is 0 Å². The molecule has 0 spiro atoms. The van der Waals surface area contributed by atoms with Gasteiger partial charge < -0.3 is 9.30 Å². The van der Waals surface area contributed by atoms with E-state index in [1.807, 2.05) is 47.0 Å². The van der Waals surface area contributed by atoms with Crippen molar-refractivity contribution >= 4 is 27.6 Å². The van der Waals surface area contributed by atoms with Gasteiger partial charge >= 0.3 is 0 Å². The molecule has 0 bridgehead atoms. The van der Waals surface area contributed by atoms with Gasteiger partial charge in [0.25, 0.3) is 0 Å². The molecule has 0 unspecified atom stereocenters. The van der Waals surface area contributed by atoms with E-state index < -0.39 is 0 Å². The van der Waals surface area contributed by atoms with Gasteiger partial charge in [0.2, 0.25) is 0 Å². The molecule has 0 saturated carbocycles. The highest BCUT2D eigenvalue weighted by atomic mass is 16.5. The molecule has 0 fully saturated rings. The summed E-state index contributed by atoms with van der Waals surface area (Å²) in [6.45, 7) is 0.627. The lowest BCUT2D eigenvalue weighted by Crippen LogP contribution is -2.18. The number of nitrogens with zero attached hydrogens (tertiary/aromatic N) is 1. The summed E-state index contributed by atoms with van der Waals surface area (Å²) in [6.07, 6.45) is 0. The van der Waals surface area contributed by atoms with Crippen molar-refractivity contribution in [3.8, 4) is 5.75 Å². The molecule has 112 valence electrons. The lowest BCUT2D eigenvalue weighted by atomic mass is 10.1. The van der Waals surface area contributed by atoms with Gasteiger partial charge in [0.1, 0.15) is 11.1 Å². The fraction of sp³-hybridized carbons (Fsp3) is 0.100. The monoisotopic (exact) mass is 301 g/mol. The summed E-state index contributed by atoms with van der Waals surface area (Å²) in [7, 11) is 1.65. The minimum atomic E-state index is 0.604. The number of carbonyl (C=O) groups excluding carboxylic acids is 1. The SMILES string of the molecule is COc1ccc(Cn2c(=C=O)c3cccc4cccc2c43)cc1. The van der Waals surface area contributed by atoms with E-state index >= 15 is 0 Å². The second-order valence-electron chi connectivity index (χ2n) is 5.57. The Kier molecular flexibility index (Phi) is 3.14. The van der Waals surface area contributed by atoms with E-state index in [0.717, 1.165) is 33.0 Å². The van der Waals surface area contributed by atoms with Crippen LogP contribution in [0, 0.1) is 0 Å². The Balaban J connectivity index is 1.95. The van der Waals surface area contributed by atoms with Gasteiger partial charge in [-0.15, -0.1) is 0 Å². The first-order valence-corrected chi connectivity index (χ1v) is 7.49. The lowest BCUT2D eigenvalue weighted by Gasteiger charge is -2.07. The molecule has 23 heavy (non-hydrogen) atoms. The molecule has 0 N–H and O–H groups in total. The Bertz CT molecular complexity index is 1070. The lowest BCUT2D eigenvalue weighted by molar-refractivity contribution is 0.414. The van der Waals surface area contributed by atoms with E-state index in [0.29, 0.717) is 11.9 Å². The van der Waals surface area contributed by atoms with Crippen LogP contribution in [0.1, 0.15) is 5.56 Å². The van der Waals surface area contributed by atoms with E-state index in [1.165, 1.54) is 0 Å². The summed E-state index contributed by atoms with van der Waals surface area (Å²) in [5.41, 5.74) is 2.18. The Morgan fingerprint density at radius 2 is 1.74 bits per heavy atom. The highest BCUT2D eigenvalue weighted by Gasteiger charge is 2.12. The third-order valence-corrected chi connectivity index (χ3v) is 4.29. The summed E-state index contributed by atoms with van der Waals surface area (Å²) >= 11 is 0. The maximum absolute atomic E-state index is 11.6.